The van der Waals surface area contributed by atoms with Gasteiger partial charge in [0.25, 0.3) is 0 Å². The summed E-state index contributed by atoms with van der Waals surface area (Å²) in [6.07, 6.45) is 1.00. The first-order valence-electron chi connectivity index (χ1n) is 10.7. The maximum atomic E-state index is 13.4. The van der Waals surface area contributed by atoms with Gasteiger partial charge < -0.3 is 14.5 Å². The molecule has 1 aromatic heterocycles. The third kappa shape index (κ3) is 4.11. The lowest BCUT2D eigenvalue weighted by atomic mass is 10.1. The number of carbonyl (C=O) groups is 1. The first kappa shape index (κ1) is 22.9. The van der Waals surface area contributed by atoms with Gasteiger partial charge in [-0.05, 0) is 43.5 Å². The second-order valence-electron chi connectivity index (χ2n) is 8.36. The first-order valence-corrected chi connectivity index (χ1v) is 12.1. The van der Waals surface area contributed by atoms with Crippen LogP contribution in [0.1, 0.15) is 24.0 Å². The predicted molar refractivity (Wildman–Crippen MR) is 124 cm³/mol. The zero-order valence-corrected chi connectivity index (χ0v) is 19.6. The van der Waals surface area contributed by atoms with E-state index in [9.17, 15) is 22.8 Å². The van der Waals surface area contributed by atoms with Gasteiger partial charge in [-0.15, -0.1) is 0 Å². The molecule has 1 fully saturated rings. The highest BCUT2D eigenvalue weighted by Gasteiger charge is 2.39. The Bertz CT molecular complexity index is 1460. The number of carbonyl (C=O) groups excluding carboxylic acids is 1. The van der Waals surface area contributed by atoms with Crippen LogP contribution in [0.15, 0.2) is 56.9 Å². The van der Waals surface area contributed by atoms with Gasteiger partial charge in [0.15, 0.2) is 0 Å². The molecule has 1 aliphatic rings. The lowest BCUT2D eigenvalue weighted by Gasteiger charge is -2.24. The number of sulfonamides is 1. The number of hydrogen-bond donors (Lipinski definition) is 1. The van der Waals surface area contributed by atoms with Crippen molar-refractivity contribution in [2.24, 2.45) is 14.1 Å². The Balaban J connectivity index is 1.62. The molecule has 1 aliphatic heterocycles. The minimum absolute atomic E-state index is 0.0260. The molecule has 174 valence electrons. The third-order valence-electron chi connectivity index (χ3n) is 6.16. The fourth-order valence-electron chi connectivity index (χ4n) is 4.16. The molecule has 4 rings (SSSR count). The second kappa shape index (κ2) is 8.60. The monoisotopic (exact) mass is 470 g/mol. The second-order valence-corrected chi connectivity index (χ2v) is 10.2. The molecular formula is C23H26N4O5S. The topological polar surface area (TPSA) is 110 Å². The van der Waals surface area contributed by atoms with Crippen LogP contribution in [0.4, 0.5) is 0 Å². The zero-order valence-electron chi connectivity index (χ0n) is 18.7. The quantitative estimate of drug-likeness (QED) is 0.560. The van der Waals surface area contributed by atoms with E-state index in [1.165, 1.54) is 41.2 Å². The highest BCUT2D eigenvalue weighted by atomic mass is 32.2. The maximum absolute atomic E-state index is 13.4. The third-order valence-corrected chi connectivity index (χ3v) is 8.07. The van der Waals surface area contributed by atoms with Gasteiger partial charge in [-0.25, -0.2) is 8.42 Å². The van der Waals surface area contributed by atoms with E-state index in [0.29, 0.717) is 30.4 Å². The normalized spacial score (nSPS) is 16.9. The van der Waals surface area contributed by atoms with Crippen molar-refractivity contribution in [3.8, 4) is 0 Å². The van der Waals surface area contributed by atoms with Crippen LogP contribution in [-0.4, -0.2) is 40.4 Å². The Morgan fingerprint density at radius 3 is 2.30 bits per heavy atom. The molecule has 0 radical (unpaired) electrons. The van der Waals surface area contributed by atoms with Crippen molar-refractivity contribution in [3.63, 3.8) is 0 Å². The molecule has 0 bridgehead atoms. The van der Waals surface area contributed by atoms with E-state index in [2.05, 4.69) is 5.32 Å². The van der Waals surface area contributed by atoms with Crippen molar-refractivity contribution in [3.05, 3.63) is 74.3 Å². The summed E-state index contributed by atoms with van der Waals surface area (Å²) in [6, 6.07) is 11.2. The summed E-state index contributed by atoms with van der Waals surface area (Å²) in [6.45, 7) is 2.53. The van der Waals surface area contributed by atoms with Gasteiger partial charge in [0.2, 0.25) is 15.9 Å². The summed E-state index contributed by atoms with van der Waals surface area (Å²) in [7, 11) is -1.10. The molecule has 3 aromatic rings. The van der Waals surface area contributed by atoms with Crippen molar-refractivity contribution in [1.82, 2.24) is 18.8 Å². The molecule has 0 unspecified atom stereocenters. The maximum Gasteiger partial charge on any atom is 0.316 e. The fraction of sp³-hybridized carbons (Fsp3) is 0.348. The first-order chi connectivity index (χ1) is 15.6. The van der Waals surface area contributed by atoms with E-state index in [1.807, 2.05) is 31.2 Å². The Morgan fingerprint density at radius 1 is 1.00 bits per heavy atom. The van der Waals surface area contributed by atoms with E-state index in [4.69, 9.17) is 0 Å². The number of nitrogens with zero attached hydrogens (tertiary/aromatic N) is 3. The fourth-order valence-corrected chi connectivity index (χ4v) is 5.84. The van der Waals surface area contributed by atoms with Crippen LogP contribution >= 0.6 is 0 Å². The molecule has 2 heterocycles. The number of aromatic nitrogens is 2. The summed E-state index contributed by atoms with van der Waals surface area (Å²) < 4.78 is 30.5. The summed E-state index contributed by atoms with van der Waals surface area (Å²) >= 11 is 0. The van der Waals surface area contributed by atoms with Gasteiger partial charge in [-0.2, -0.15) is 4.31 Å². The summed E-state index contributed by atoms with van der Waals surface area (Å²) in [5, 5.41) is 2.85. The van der Waals surface area contributed by atoms with Crippen molar-refractivity contribution in [2.45, 2.75) is 37.2 Å². The van der Waals surface area contributed by atoms with E-state index < -0.39 is 27.2 Å². The van der Waals surface area contributed by atoms with Gasteiger partial charge in [-0.3, -0.25) is 14.4 Å². The van der Waals surface area contributed by atoms with Crippen LogP contribution in [0.3, 0.4) is 0 Å². The van der Waals surface area contributed by atoms with Gasteiger partial charge in [-0.1, -0.05) is 29.8 Å². The molecular weight excluding hydrogens is 444 g/mol. The van der Waals surface area contributed by atoms with Crippen LogP contribution in [0.25, 0.3) is 11.0 Å². The molecule has 1 atom stereocenters. The Morgan fingerprint density at radius 2 is 1.64 bits per heavy atom. The van der Waals surface area contributed by atoms with E-state index in [0.717, 1.165) is 15.7 Å². The van der Waals surface area contributed by atoms with E-state index in [-0.39, 0.29) is 17.3 Å². The lowest BCUT2D eigenvalue weighted by Crippen LogP contribution is -2.45. The van der Waals surface area contributed by atoms with Crippen LogP contribution in [-0.2, 0) is 35.5 Å². The highest BCUT2D eigenvalue weighted by Crippen LogP contribution is 2.28. The van der Waals surface area contributed by atoms with Crippen LogP contribution in [0.5, 0.6) is 0 Å². The van der Waals surface area contributed by atoms with Gasteiger partial charge in [0.05, 0.1) is 15.9 Å². The smallest absolute Gasteiger partial charge is 0.316 e. The molecule has 0 spiro atoms. The number of aryl methyl sites for hydroxylation is 3. The SMILES string of the molecule is Cc1ccc(CNC(=O)[C@@H]2CCCN2S(=O)(=O)c2ccc3c(c2)n(C)c(=O)c(=O)n3C)cc1. The minimum Gasteiger partial charge on any atom is -0.351 e. The number of amides is 1. The molecule has 0 saturated carbocycles. The number of fused-ring (bicyclic) bond motifs is 1. The van der Waals surface area contributed by atoms with E-state index in [1.54, 1.807) is 0 Å². The molecule has 1 saturated heterocycles. The molecule has 1 amide bonds. The number of benzene rings is 2. The Hall–Kier alpha value is -3.24. The standard InChI is InChI=1S/C23H26N4O5S/c1-15-6-8-16(9-7-15)14-24-21(28)19-5-4-12-27(19)33(31,32)17-10-11-18-20(13-17)26(3)23(30)22(29)25(18)2/h6-11,13,19H,4-5,12,14H2,1-3H3,(H,24,28)/t19-/m0/s1. The van der Waals surface area contributed by atoms with Crippen LogP contribution in [0.2, 0.25) is 0 Å². The van der Waals surface area contributed by atoms with E-state index >= 15 is 0 Å². The summed E-state index contributed by atoms with van der Waals surface area (Å²) in [4.78, 5) is 37.1. The number of hydrogen-bond acceptors (Lipinski definition) is 5. The van der Waals surface area contributed by atoms with Crippen molar-refractivity contribution in [2.75, 3.05) is 6.54 Å². The largest absolute Gasteiger partial charge is 0.351 e. The van der Waals surface area contributed by atoms with Gasteiger partial charge >= 0.3 is 11.1 Å². The summed E-state index contributed by atoms with van der Waals surface area (Å²) in [5.74, 6) is -0.341. The Kier molecular flexibility index (Phi) is 5.98. The zero-order chi connectivity index (χ0) is 23.9. The molecule has 9 nitrogen and oxygen atoms in total. The molecule has 2 aromatic carbocycles. The van der Waals surface area contributed by atoms with Gasteiger partial charge in [0.1, 0.15) is 6.04 Å². The average molecular weight is 471 g/mol. The Labute approximate surface area is 191 Å². The predicted octanol–water partition coefficient (Wildman–Crippen LogP) is 1.02. The lowest BCUT2D eigenvalue weighted by molar-refractivity contribution is -0.124. The average Bonchev–Trinajstić information content (AvgIpc) is 3.31. The molecule has 10 heteroatoms. The molecule has 0 aliphatic carbocycles. The molecule has 1 N–H and O–H groups in total. The van der Waals surface area contributed by atoms with Crippen LogP contribution < -0.4 is 16.4 Å². The van der Waals surface area contributed by atoms with Crippen LogP contribution in [0, 0.1) is 6.92 Å². The minimum atomic E-state index is -4.00. The number of nitrogens with one attached hydrogen (secondary N) is 1. The van der Waals surface area contributed by atoms with Crippen molar-refractivity contribution < 1.29 is 13.2 Å². The molecule has 33 heavy (non-hydrogen) atoms. The van der Waals surface area contributed by atoms with Gasteiger partial charge in [0, 0.05) is 27.2 Å². The highest BCUT2D eigenvalue weighted by molar-refractivity contribution is 7.89. The van der Waals surface area contributed by atoms with Crippen molar-refractivity contribution >= 4 is 27.0 Å². The number of rotatable bonds is 5. The summed E-state index contributed by atoms with van der Waals surface area (Å²) in [5.41, 5.74) is 1.38. The van der Waals surface area contributed by atoms with Crippen molar-refractivity contribution in [1.29, 1.82) is 0 Å².